The number of rotatable bonds is 6. The van der Waals surface area contributed by atoms with E-state index in [1.165, 1.54) is 0 Å². The van der Waals surface area contributed by atoms with E-state index in [1.54, 1.807) is 24.3 Å². The van der Waals surface area contributed by atoms with Gasteiger partial charge in [0.15, 0.2) is 6.29 Å². The summed E-state index contributed by atoms with van der Waals surface area (Å²) in [6.45, 7) is 0.464. The minimum atomic E-state index is -1.66. The van der Waals surface area contributed by atoms with Gasteiger partial charge in [0.05, 0.1) is 12.7 Å². The van der Waals surface area contributed by atoms with E-state index in [2.05, 4.69) is 17.2 Å². The van der Waals surface area contributed by atoms with Gasteiger partial charge in [-0.3, -0.25) is 4.79 Å². The van der Waals surface area contributed by atoms with Gasteiger partial charge in [-0.2, -0.15) is 5.75 Å². The molecule has 0 aliphatic carbocycles. The van der Waals surface area contributed by atoms with Crippen LogP contribution < -0.4 is 15.5 Å². The Morgan fingerprint density at radius 1 is 1.09 bits per heavy atom. The molecule has 2 aliphatic heterocycles. The molecule has 0 spiro atoms. The maximum atomic E-state index is 12.7. The summed E-state index contributed by atoms with van der Waals surface area (Å²) in [6, 6.07) is 16.0. The molecular weight excluding hydrogens is 655 g/mol. The van der Waals surface area contributed by atoms with Gasteiger partial charge in [0.2, 0.25) is 0 Å². The third-order valence-electron chi connectivity index (χ3n) is 5.44. The van der Waals surface area contributed by atoms with Crippen LogP contribution >= 0.6 is 0 Å². The summed E-state index contributed by atoms with van der Waals surface area (Å²) in [7, 11) is 0. The Balaban J connectivity index is 0.00000342. The molecule has 2 aromatic carbocycles. The zero-order valence-electron chi connectivity index (χ0n) is 18.6. The smallest absolute Gasteiger partial charge is 0.851 e. The first kappa shape index (κ1) is 27.9. The molecular formula is C25H24AuNO7S. The number of hydrogen-bond donors (Lipinski definition) is 1. The monoisotopic (exact) mass is 679 g/mol. The average Bonchev–Trinajstić information content (AvgIpc) is 2.88. The van der Waals surface area contributed by atoms with Gasteiger partial charge in [0.25, 0.3) is 5.91 Å². The van der Waals surface area contributed by atoms with Crippen molar-refractivity contribution in [3.8, 4) is 11.8 Å². The van der Waals surface area contributed by atoms with Crippen molar-refractivity contribution < 1.29 is 56.3 Å². The van der Waals surface area contributed by atoms with Crippen LogP contribution in [0, 0.1) is 11.8 Å². The summed E-state index contributed by atoms with van der Waals surface area (Å²) in [5.74, 6) is 5.95. The molecule has 0 aromatic heterocycles. The van der Waals surface area contributed by atoms with Crippen LogP contribution in [0.2, 0.25) is 0 Å². The summed E-state index contributed by atoms with van der Waals surface area (Å²) in [4.78, 5) is 11.9. The maximum Gasteiger partial charge on any atom is 3.00 e. The van der Waals surface area contributed by atoms with Crippen LogP contribution in [-0.2, 0) is 54.0 Å². The van der Waals surface area contributed by atoms with E-state index in [0.29, 0.717) is 23.4 Å². The van der Waals surface area contributed by atoms with Gasteiger partial charge < -0.3 is 47.1 Å². The predicted octanol–water partition coefficient (Wildman–Crippen LogP) is -0.374. The second-order valence-electron chi connectivity index (χ2n) is 7.80. The van der Waals surface area contributed by atoms with Crippen molar-refractivity contribution in [3.05, 3.63) is 71.3 Å². The first-order valence-corrected chi connectivity index (χ1v) is 11.5. The van der Waals surface area contributed by atoms with E-state index < -0.39 is 37.0 Å². The van der Waals surface area contributed by atoms with E-state index in [-0.39, 0.29) is 41.5 Å². The summed E-state index contributed by atoms with van der Waals surface area (Å²) in [6.07, 6.45) is -6.79. The molecule has 2 saturated heterocycles. The van der Waals surface area contributed by atoms with Crippen LogP contribution in [0.4, 0.5) is 0 Å². The molecule has 8 nitrogen and oxygen atoms in total. The van der Waals surface area contributed by atoms with Crippen LogP contribution in [0.3, 0.4) is 0 Å². The predicted molar refractivity (Wildman–Crippen MR) is 120 cm³/mol. The van der Waals surface area contributed by atoms with Gasteiger partial charge in [-0.25, -0.2) is 0 Å². The van der Waals surface area contributed by atoms with Crippen LogP contribution in [0.15, 0.2) is 54.6 Å². The Hall–Kier alpha value is -1.68. The molecule has 0 saturated carbocycles. The van der Waals surface area contributed by atoms with Crippen molar-refractivity contribution in [2.24, 2.45) is 0 Å². The number of amides is 1. The Bertz CT molecular complexity index is 1010. The zero-order chi connectivity index (χ0) is 23.9. The van der Waals surface area contributed by atoms with E-state index in [0.717, 1.165) is 5.56 Å². The molecule has 2 aromatic rings. The number of benzene rings is 2. The third kappa shape index (κ3) is 7.18. The fourth-order valence-electron chi connectivity index (χ4n) is 3.70. The number of nitrogens with one attached hydrogen (secondary N) is 1. The van der Waals surface area contributed by atoms with Crippen LogP contribution in [-0.4, -0.2) is 62.1 Å². The molecule has 2 heterocycles. The fourth-order valence-corrected chi connectivity index (χ4v) is 3.80. The summed E-state index contributed by atoms with van der Waals surface area (Å²) in [5.41, 5.74) is 1.96. The fraction of sp³-hybridized carbons (Fsp3) is 0.400. The molecule has 2 fully saturated rings. The molecule has 6 atom stereocenters. The van der Waals surface area contributed by atoms with Crippen LogP contribution in [0.5, 0.6) is 0 Å². The minimum absolute atomic E-state index is 0. The minimum Gasteiger partial charge on any atom is -0.851 e. The van der Waals surface area contributed by atoms with Crippen molar-refractivity contribution in [2.75, 3.05) is 25.5 Å². The zero-order valence-corrected chi connectivity index (χ0v) is 21.5. The Morgan fingerprint density at radius 3 is 2.54 bits per heavy atom. The van der Waals surface area contributed by atoms with E-state index in [1.807, 2.05) is 30.3 Å². The van der Waals surface area contributed by atoms with Crippen molar-refractivity contribution >= 4 is 18.5 Å². The molecule has 1 N–H and O–H groups in total. The largest absolute Gasteiger partial charge is 3.00 e. The molecule has 35 heavy (non-hydrogen) atoms. The second-order valence-corrected chi connectivity index (χ2v) is 8.21. The molecule has 0 radical (unpaired) electrons. The standard InChI is InChI=1S/C25H25NO7S.Au/c27-20-21(28)25(32-19-15-31-24(33-22(19)20)18-6-2-1-3-7-18)30-13-4-5-16-8-10-17(11-9-16)23(29)26-12-14-34;/h1-3,6-11,19-22,24-25,34H,12-15H2,(H,26,29);/q-2;+3/p-1/t19?,20-,21-,22?,24-,25+;/m1./s1. The topological polar surface area (TPSA) is 112 Å². The van der Waals surface area contributed by atoms with Gasteiger partial charge in [-0.05, 0) is 30.8 Å². The SMILES string of the molecule is O=C(NCC[S-])c1ccc(C#CCO[C@H]2OC3CO[C@@H](c4ccccc4)OC3[C@H]([O-])[C@H]2[O-])cc1.[Au+3]. The molecule has 4 rings (SSSR count). The number of fused-ring (bicyclic) bond motifs is 1. The maximum absolute atomic E-state index is 12.7. The molecule has 0 bridgehead atoms. The van der Waals surface area contributed by atoms with E-state index in [9.17, 15) is 15.0 Å². The summed E-state index contributed by atoms with van der Waals surface area (Å²) >= 11 is 4.81. The Morgan fingerprint density at radius 2 is 1.83 bits per heavy atom. The summed E-state index contributed by atoms with van der Waals surface area (Å²) < 4.78 is 22.6. The third-order valence-corrected chi connectivity index (χ3v) is 5.65. The molecule has 2 aliphatic rings. The number of hydrogen-bond acceptors (Lipinski definition) is 8. The number of carbonyl (C=O) groups excluding carboxylic acids is 1. The van der Waals surface area contributed by atoms with Gasteiger partial charge in [0.1, 0.15) is 19.0 Å². The normalized spacial score (nSPS) is 27.5. The Kier molecular flexibility index (Phi) is 10.8. The van der Waals surface area contributed by atoms with Gasteiger partial charge in [0, 0.05) is 16.7 Å². The van der Waals surface area contributed by atoms with E-state index in [4.69, 9.17) is 31.6 Å². The molecule has 1 amide bonds. The molecule has 2 unspecified atom stereocenters. The van der Waals surface area contributed by atoms with Crippen LogP contribution in [0.25, 0.3) is 0 Å². The first-order valence-electron chi connectivity index (χ1n) is 10.9. The Labute approximate surface area is 225 Å². The van der Waals surface area contributed by atoms with Crippen molar-refractivity contribution in [1.82, 2.24) is 5.32 Å². The van der Waals surface area contributed by atoms with Crippen molar-refractivity contribution in [2.45, 2.75) is 37.0 Å². The second kappa shape index (κ2) is 13.6. The van der Waals surface area contributed by atoms with Gasteiger partial charge in [-0.1, -0.05) is 48.3 Å². The van der Waals surface area contributed by atoms with Crippen molar-refractivity contribution in [3.63, 3.8) is 0 Å². The average molecular weight is 680 g/mol. The first-order chi connectivity index (χ1) is 16.6. The van der Waals surface area contributed by atoms with Crippen molar-refractivity contribution in [1.29, 1.82) is 0 Å². The van der Waals surface area contributed by atoms with Crippen LogP contribution in [0.1, 0.15) is 27.8 Å². The van der Waals surface area contributed by atoms with Gasteiger partial charge >= 0.3 is 22.4 Å². The molecule has 10 heteroatoms. The van der Waals surface area contributed by atoms with Gasteiger partial charge in [-0.15, -0.1) is 6.10 Å². The van der Waals surface area contributed by atoms with E-state index >= 15 is 0 Å². The quantitative estimate of drug-likeness (QED) is 0.250. The number of carbonyl (C=O) groups is 1. The summed E-state index contributed by atoms with van der Waals surface area (Å²) in [5, 5.41) is 28.0. The molecule has 188 valence electrons. The number of ether oxygens (including phenoxy) is 4.